The molecule has 1 aromatic carbocycles. The van der Waals surface area contributed by atoms with Gasteiger partial charge < -0.3 is 19.0 Å². The van der Waals surface area contributed by atoms with E-state index >= 15 is 0 Å². The van der Waals surface area contributed by atoms with E-state index in [9.17, 15) is 4.79 Å². The number of aromatic nitrogens is 2. The number of fused-ring (bicyclic) bond motifs is 1. The number of aliphatic carboxylic acids is 1. The summed E-state index contributed by atoms with van der Waals surface area (Å²) in [5, 5.41) is 9.49. The summed E-state index contributed by atoms with van der Waals surface area (Å²) in [5.74, 6) is 0.162. The van der Waals surface area contributed by atoms with Crippen LogP contribution in [-0.4, -0.2) is 39.9 Å². The van der Waals surface area contributed by atoms with E-state index in [0.29, 0.717) is 29.2 Å². The Bertz CT molecular complexity index is 975. The molecule has 0 bridgehead atoms. The minimum Gasteiger partial charge on any atom is -0.480 e. The Balaban J connectivity index is 1.57. The molecule has 8 heteroatoms. The summed E-state index contributed by atoms with van der Waals surface area (Å²) in [4.78, 5) is 19.3. The Morgan fingerprint density at radius 1 is 1.21 bits per heavy atom. The zero-order chi connectivity index (χ0) is 19.5. The van der Waals surface area contributed by atoms with Crippen molar-refractivity contribution < 1.29 is 23.8 Å². The normalized spacial score (nSPS) is 19.6. The van der Waals surface area contributed by atoms with Crippen LogP contribution in [0.3, 0.4) is 0 Å². The second-order valence-corrected chi connectivity index (χ2v) is 7.50. The van der Waals surface area contributed by atoms with Crippen LogP contribution in [0.5, 0.6) is 5.88 Å². The van der Waals surface area contributed by atoms with E-state index in [0.717, 1.165) is 29.3 Å². The fourth-order valence-corrected chi connectivity index (χ4v) is 4.10. The molecule has 1 N–H and O–H groups in total. The van der Waals surface area contributed by atoms with Gasteiger partial charge in [-0.25, -0.2) is 14.8 Å². The topological polar surface area (TPSA) is 94.7 Å². The van der Waals surface area contributed by atoms with Crippen LogP contribution in [0, 0.1) is 0 Å². The van der Waals surface area contributed by atoms with Crippen molar-refractivity contribution in [2.75, 3.05) is 6.61 Å². The number of nitrogens with zero attached hydrogens (tertiary/aromatic N) is 2. The Morgan fingerprint density at radius 2 is 2.00 bits per heavy atom. The first-order valence-electron chi connectivity index (χ1n) is 9.10. The molecule has 1 saturated carbocycles. The van der Waals surface area contributed by atoms with Crippen LogP contribution in [-0.2, 0) is 9.53 Å². The third kappa shape index (κ3) is 4.02. The first-order valence-corrected chi connectivity index (χ1v) is 9.89. The van der Waals surface area contributed by atoms with Crippen LogP contribution in [0.1, 0.15) is 25.7 Å². The van der Waals surface area contributed by atoms with Crippen LogP contribution >= 0.6 is 15.9 Å². The van der Waals surface area contributed by atoms with Crippen molar-refractivity contribution in [3.63, 3.8) is 0 Å². The van der Waals surface area contributed by atoms with E-state index in [1.807, 2.05) is 30.3 Å². The quantitative estimate of drug-likeness (QED) is 0.597. The van der Waals surface area contributed by atoms with Gasteiger partial charge >= 0.3 is 5.97 Å². The fraction of sp³-hybridized carbons (Fsp3) is 0.350. The van der Waals surface area contributed by atoms with Crippen molar-refractivity contribution in [3.05, 3.63) is 41.1 Å². The zero-order valence-electron chi connectivity index (χ0n) is 15.0. The lowest BCUT2D eigenvalue weighted by molar-refractivity contribution is -0.145. The molecule has 1 aliphatic rings. The molecule has 0 saturated heterocycles. The number of benzene rings is 1. The summed E-state index contributed by atoms with van der Waals surface area (Å²) in [6, 6.07) is 9.75. The van der Waals surface area contributed by atoms with Crippen LogP contribution in [0.4, 0.5) is 0 Å². The number of carboxylic acids is 1. The predicted octanol–water partition coefficient (Wildman–Crippen LogP) is 4.44. The average Bonchev–Trinajstić information content (AvgIpc) is 3.05. The molecule has 146 valence electrons. The number of carbonyl (C=O) groups is 1. The first-order chi connectivity index (χ1) is 13.6. The van der Waals surface area contributed by atoms with Gasteiger partial charge in [0.2, 0.25) is 11.6 Å². The highest BCUT2D eigenvalue weighted by Crippen LogP contribution is 2.41. The lowest BCUT2D eigenvalue weighted by atomic mass is 9.95. The maximum absolute atomic E-state index is 10.7. The molecule has 0 spiro atoms. The second kappa shape index (κ2) is 8.28. The summed E-state index contributed by atoms with van der Waals surface area (Å²) in [6.07, 6.45) is 4.42. The van der Waals surface area contributed by atoms with Gasteiger partial charge in [-0.15, -0.1) is 0 Å². The highest BCUT2D eigenvalue weighted by molar-refractivity contribution is 9.10. The molecule has 2 heterocycles. The van der Waals surface area contributed by atoms with E-state index in [1.54, 1.807) is 0 Å². The molecule has 0 amide bonds. The minimum atomic E-state index is -0.962. The van der Waals surface area contributed by atoms with Crippen LogP contribution in [0.25, 0.3) is 22.4 Å². The molecule has 2 atom stereocenters. The van der Waals surface area contributed by atoms with Crippen molar-refractivity contribution >= 4 is 33.0 Å². The second-order valence-electron chi connectivity index (χ2n) is 6.70. The molecule has 1 aliphatic carbocycles. The molecule has 28 heavy (non-hydrogen) atoms. The number of hydrogen-bond acceptors (Lipinski definition) is 6. The van der Waals surface area contributed by atoms with Gasteiger partial charge in [0.05, 0.1) is 10.6 Å². The van der Waals surface area contributed by atoms with E-state index in [-0.39, 0.29) is 18.8 Å². The van der Waals surface area contributed by atoms with Gasteiger partial charge in [-0.3, -0.25) is 0 Å². The lowest BCUT2D eigenvalue weighted by Gasteiger charge is -2.28. The SMILES string of the molecule is O=C(O)COC1CCCC(Oc2ncnc3oc(-c4ccccc4)c(Br)c23)C1. The Kier molecular flexibility index (Phi) is 5.59. The van der Waals surface area contributed by atoms with Crippen LogP contribution in [0.2, 0.25) is 0 Å². The number of furan rings is 1. The average molecular weight is 447 g/mol. The van der Waals surface area contributed by atoms with Gasteiger partial charge in [-0.1, -0.05) is 30.3 Å². The summed E-state index contributed by atoms with van der Waals surface area (Å²) >= 11 is 3.61. The summed E-state index contributed by atoms with van der Waals surface area (Å²) in [5.41, 5.74) is 1.38. The van der Waals surface area contributed by atoms with Gasteiger partial charge in [0, 0.05) is 12.0 Å². The highest BCUT2D eigenvalue weighted by Gasteiger charge is 2.27. The number of rotatable bonds is 6. The Morgan fingerprint density at radius 3 is 2.79 bits per heavy atom. The van der Waals surface area contributed by atoms with E-state index in [2.05, 4.69) is 25.9 Å². The first kappa shape index (κ1) is 18.9. The molecule has 0 radical (unpaired) electrons. The van der Waals surface area contributed by atoms with Crippen molar-refractivity contribution in [3.8, 4) is 17.2 Å². The van der Waals surface area contributed by atoms with Crippen molar-refractivity contribution in [2.45, 2.75) is 37.9 Å². The molecule has 4 rings (SSSR count). The zero-order valence-corrected chi connectivity index (χ0v) is 16.6. The number of hydrogen-bond donors (Lipinski definition) is 1. The molecule has 0 aliphatic heterocycles. The Labute approximate surface area is 169 Å². The molecular formula is C20H19BrN2O5. The maximum atomic E-state index is 10.7. The minimum absolute atomic E-state index is 0.104. The summed E-state index contributed by atoms with van der Waals surface area (Å²) < 4.78 is 18.3. The van der Waals surface area contributed by atoms with Crippen LogP contribution in [0.15, 0.2) is 45.5 Å². The molecule has 7 nitrogen and oxygen atoms in total. The number of carboxylic acid groups (broad SMARTS) is 1. The predicted molar refractivity (Wildman–Crippen MR) is 105 cm³/mol. The largest absolute Gasteiger partial charge is 0.480 e. The highest BCUT2D eigenvalue weighted by atomic mass is 79.9. The molecule has 2 aromatic heterocycles. The van der Waals surface area contributed by atoms with E-state index < -0.39 is 5.97 Å². The van der Waals surface area contributed by atoms with Gasteiger partial charge in [-0.05, 0) is 35.2 Å². The van der Waals surface area contributed by atoms with E-state index in [1.165, 1.54) is 6.33 Å². The summed E-state index contributed by atoms with van der Waals surface area (Å²) in [7, 11) is 0. The smallest absolute Gasteiger partial charge is 0.329 e. The van der Waals surface area contributed by atoms with Crippen molar-refractivity contribution in [2.24, 2.45) is 0 Å². The molecular weight excluding hydrogens is 428 g/mol. The molecule has 3 aromatic rings. The molecule has 2 unspecified atom stereocenters. The van der Waals surface area contributed by atoms with Gasteiger partial charge in [-0.2, -0.15) is 0 Å². The van der Waals surface area contributed by atoms with Gasteiger partial charge in [0.25, 0.3) is 0 Å². The van der Waals surface area contributed by atoms with Gasteiger partial charge in [0.1, 0.15) is 24.4 Å². The fourth-order valence-electron chi connectivity index (χ4n) is 3.45. The Hall–Kier alpha value is -2.45. The monoisotopic (exact) mass is 446 g/mol. The lowest BCUT2D eigenvalue weighted by Crippen LogP contribution is -2.31. The van der Waals surface area contributed by atoms with Gasteiger partial charge in [0.15, 0.2) is 5.76 Å². The molecule has 1 fully saturated rings. The van der Waals surface area contributed by atoms with E-state index in [4.69, 9.17) is 19.0 Å². The summed E-state index contributed by atoms with van der Waals surface area (Å²) in [6.45, 7) is -0.289. The maximum Gasteiger partial charge on any atom is 0.329 e. The van der Waals surface area contributed by atoms with Crippen LogP contribution < -0.4 is 4.74 Å². The number of halogens is 1. The van der Waals surface area contributed by atoms with Crippen molar-refractivity contribution in [1.82, 2.24) is 9.97 Å². The third-order valence-corrected chi connectivity index (χ3v) is 5.49. The van der Waals surface area contributed by atoms with Crippen molar-refractivity contribution in [1.29, 1.82) is 0 Å². The third-order valence-electron chi connectivity index (χ3n) is 4.73. The standard InChI is InChI=1S/C20H19BrN2O5/c21-17-16-19(27-14-8-4-7-13(9-14)26-10-15(24)25)22-11-23-20(16)28-18(17)12-5-2-1-3-6-12/h1-3,5-6,11,13-14H,4,7-10H2,(H,24,25). The number of ether oxygens (including phenoxy) is 2.